The van der Waals surface area contributed by atoms with Crippen molar-refractivity contribution in [3.63, 3.8) is 0 Å². The molecule has 0 bridgehead atoms. The standard InChI is InChI=1S/C51H92N2O22P2/c1-16-28(19-27(4)5)30(69-37(59)18-3)21-36(58)53-41-45(74-39(61)23-34(50(9,10)11)72-48(64)76(14)15)43(75-77(65,66)67)31(24-54)71-47(41)68-25-32-42(62)44(40(46(63)70-32)52-35(57)20-29(55)17-2)73-38(60)22-33(56)51(12,13)26-49(6,7)8/h27-34,40-47,54-56,62-63H,16-26H2,1-15H3,(H,52,57)(H,53,58)(H2,65,66,67)/t28?,29-,30+,31?,32?,33+,34+,40?,41?,42?,43?,44?,45?,46?,47?/m1/s1. The summed E-state index contributed by atoms with van der Waals surface area (Å²) in [6, 6.07) is -3.51. The number of carbonyl (C=O) groups is 6. The van der Waals surface area contributed by atoms with Crippen LogP contribution in [0.4, 0.5) is 4.79 Å². The molecule has 77 heavy (non-hydrogen) atoms. The molecule has 26 heteroatoms. The average Bonchev–Trinajstić information content (AvgIpc) is 3.28. The minimum absolute atomic E-state index is 0.0236. The Balaban J connectivity index is 2.78. The van der Waals surface area contributed by atoms with E-state index in [1.54, 1.807) is 61.8 Å². The van der Waals surface area contributed by atoms with Crippen LogP contribution in [0.1, 0.15) is 148 Å². The molecule has 0 aromatic rings. The highest BCUT2D eigenvalue weighted by molar-refractivity contribution is 7.72. The van der Waals surface area contributed by atoms with Gasteiger partial charge in [-0.2, -0.15) is 0 Å². The van der Waals surface area contributed by atoms with Gasteiger partial charge in [-0.05, 0) is 67.1 Å². The van der Waals surface area contributed by atoms with Crippen molar-refractivity contribution in [1.82, 2.24) is 10.6 Å². The fourth-order valence-electron chi connectivity index (χ4n) is 9.32. The predicted octanol–water partition coefficient (Wildman–Crippen LogP) is 3.91. The number of phosphoric ester groups is 1. The third kappa shape index (κ3) is 23.6. The number of rotatable bonds is 29. The number of carbonyl (C=O) groups excluding carboxylic acids is 6. The van der Waals surface area contributed by atoms with Gasteiger partial charge in [0.2, 0.25) is 11.8 Å². The van der Waals surface area contributed by atoms with Crippen LogP contribution in [0.2, 0.25) is 0 Å². The summed E-state index contributed by atoms with van der Waals surface area (Å²) in [5.74, 6) is -4.69. The third-order valence-corrected chi connectivity index (χ3v) is 14.6. The van der Waals surface area contributed by atoms with E-state index < -0.39 is 187 Å². The summed E-state index contributed by atoms with van der Waals surface area (Å²) < 4.78 is 58.8. The number of phosphoric acid groups is 1. The summed E-state index contributed by atoms with van der Waals surface area (Å²) in [6.07, 6.45) is -20.4. The van der Waals surface area contributed by atoms with Gasteiger partial charge in [-0.25, -0.2) is 9.36 Å². The first-order valence-corrected chi connectivity index (χ1v) is 30.2. The van der Waals surface area contributed by atoms with E-state index in [0.29, 0.717) is 19.3 Å². The second-order valence-electron chi connectivity index (χ2n) is 23.7. The number of aliphatic hydroxyl groups is 5. The van der Waals surface area contributed by atoms with Crippen LogP contribution < -0.4 is 10.6 Å². The van der Waals surface area contributed by atoms with Crippen LogP contribution in [0, 0.1) is 28.1 Å². The van der Waals surface area contributed by atoms with Gasteiger partial charge < -0.3 is 79.1 Å². The minimum atomic E-state index is -5.57. The Hall–Kier alpha value is -2.96. The number of nitrogens with one attached hydrogen (secondary N) is 2. The Labute approximate surface area is 455 Å². The molecule has 0 spiro atoms. The average molecular weight is 1150 g/mol. The largest absolute Gasteiger partial charge is 0.470 e. The molecular weight excluding hydrogens is 1050 g/mol. The minimum Gasteiger partial charge on any atom is -0.462 e. The lowest BCUT2D eigenvalue weighted by Gasteiger charge is -2.46. The molecule has 0 aromatic heterocycles. The lowest BCUT2D eigenvalue weighted by molar-refractivity contribution is -0.299. The van der Waals surface area contributed by atoms with Crippen molar-refractivity contribution in [2.45, 2.75) is 233 Å². The smallest absolute Gasteiger partial charge is 0.462 e. The Morgan fingerprint density at radius 1 is 0.727 bits per heavy atom. The maximum Gasteiger partial charge on any atom is 0.470 e. The van der Waals surface area contributed by atoms with Crippen molar-refractivity contribution in [3.05, 3.63) is 0 Å². The van der Waals surface area contributed by atoms with Gasteiger partial charge >= 0.3 is 31.4 Å². The molecule has 2 fully saturated rings. The highest BCUT2D eigenvalue weighted by Gasteiger charge is 2.54. The van der Waals surface area contributed by atoms with Crippen molar-refractivity contribution >= 4 is 51.2 Å². The molecule has 2 heterocycles. The van der Waals surface area contributed by atoms with Crippen molar-refractivity contribution in [1.29, 1.82) is 0 Å². The normalized spacial score (nSPS) is 26.4. The van der Waals surface area contributed by atoms with E-state index in [-0.39, 0.29) is 30.1 Å². The van der Waals surface area contributed by atoms with E-state index in [1.165, 1.54) is 0 Å². The third-order valence-electron chi connectivity index (χ3n) is 13.2. The van der Waals surface area contributed by atoms with Gasteiger partial charge in [0.25, 0.3) is 0 Å². The fraction of sp³-hybridized carbons (Fsp3) is 0.882. The Kier molecular flexibility index (Phi) is 28.0. The maximum absolute atomic E-state index is 14.4. The molecular formula is C51H92N2O22P2. The molecule has 0 aromatic carbocycles. The maximum atomic E-state index is 14.4. The van der Waals surface area contributed by atoms with Crippen LogP contribution >= 0.6 is 15.7 Å². The highest BCUT2D eigenvalue weighted by atomic mass is 31.2. The lowest BCUT2D eigenvalue weighted by atomic mass is 9.72. The molecule has 2 aliphatic heterocycles. The zero-order valence-electron chi connectivity index (χ0n) is 47.7. The first kappa shape index (κ1) is 70.1. The van der Waals surface area contributed by atoms with Gasteiger partial charge in [-0.1, -0.05) is 90.0 Å². The SMILES string of the molecule is CCC(=O)O[C@@H](CC(=O)NC1C(OCC2OC(O)C(NC(=O)C[C@H](O)CC)C(OC(=O)C[C@H](O)C(C)(C)CC(C)(C)C)C2O)OC(CO)C(OP(=O)(O)O)C1OC(=O)C[C@H](OC(=O)P(C)C)C(C)(C)C)C(CC)CC(C)C. The van der Waals surface area contributed by atoms with E-state index in [0.717, 1.165) is 0 Å². The first-order valence-electron chi connectivity index (χ1n) is 26.4. The topological polar surface area (TPSA) is 359 Å². The second kappa shape index (κ2) is 30.7. The van der Waals surface area contributed by atoms with Crippen LogP contribution in [-0.2, 0) is 66.2 Å². The molecule has 0 saturated carbocycles. The van der Waals surface area contributed by atoms with Gasteiger partial charge in [0.15, 0.2) is 24.8 Å². The summed E-state index contributed by atoms with van der Waals surface area (Å²) in [6.45, 7) is 24.8. The summed E-state index contributed by atoms with van der Waals surface area (Å²) in [7, 11) is -6.85. The van der Waals surface area contributed by atoms with Gasteiger partial charge in [0, 0.05) is 14.3 Å². The Bertz CT molecular complexity index is 1960. The molecule has 0 aliphatic carbocycles. The van der Waals surface area contributed by atoms with E-state index in [9.17, 15) is 68.7 Å². The van der Waals surface area contributed by atoms with Crippen LogP contribution in [-0.4, -0.2) is 183 Å². The molecule has 2 amide bonds. The number of amides is 2. The monoisotopic (exact) mass is 1150 g/mol. The molecule has 24 nitrogen and oxygen atoms in total. The van der Waals surface area contributed by atoms with E-state index in [2.05, 4.69) is 10.6 Å². The Morgan fingerprint density at radius 3 is 1.81 bits per heavy atom. The molecule has 448 valence electrons. The number of esters is 3. The van der Waals surface area contributed by atoms with Crippen LogP contribution in [0.25, 0.3) is 0 Å². The van der Waals surface area contributed by atoms with E-state index in [1.807, 2.05) is 41.5 Å². The summed E-state index contributed by atoms with van der Waals surface area (Å²) in [5, 5.41) is 60.6. The Morgan fingerprint density at radius 2 is 1.30 bits per heavy atom. The van der Waals surface area contributed by atoms with Crippen molar-refractivity contribution in [3.8, 4) is 0 Å². The second-order valence-corrected chi connectivity index (χ2v) is 27.0. The number of aliphatic hydroxyl groups excluding tert-OH is 5. The first-order chi connectivity index (χ1) is 35.4. The number of ether oxygens (including phenoxy) is 7. The summed E-state index contributed by atoms with van der Waals surface area (Å²) in [5.41, 5.74) is -2.53. The zero-order chi connectivity index (χ0) is 59.1. The van der Waals surface area contributed by atoms with Crippen LogP contribution in [0.15, 0.2) is 0 Å². The van der Waals surface area contributed by atoms with Crippen molar-refractivity contribution in [2.75, 3.05) is 26.5 Å². The quantitative estimate of drug-likeness (QED) is 0.0291. The van der Waals surface area contributed by atoms with Gasteiger partial charge in [0.1, 0.15) is 48.7 Å². The molecule has 0 radical (unpaired) electrons. The molecule has 2 saturated heterocycles. The van der Waals surface area contributed by atoms with Crippen LogP contribution in [0.3, 0.4) is 0 Å². The fourth-order valence-corrected chi connectivity index (χ4v) is 10.2. The molecule has 11 unspecified atom stereocenters. The van der Waals surface area contributed by atoms with Crippen LogP contribution in [0.5, 0.6) is 0 Å². The molecule has 15 atom stereocenters. The number of hydrogen-bond acceptors (Lipinski definition) is 20. The van der Waals surface area contributed by atoms with Crippen molar-refractivity contribution in [2.24, 2.45) is 28.1 Å². The van der Waals surface area contributed by atoms with E-state index >= 15 is 0 Å². The predicted molar refractivity (Wildman–Crippen MR) is 280 cm³/mol. The van der Waals surface area contributed by atoms with Gasteiger partial charge in [-0.3, -0.25) is 28.5 Å². The number of hydrogen-bond donors (Lipinski definition) is 9. The van der Waals surface area contributed by atoms with Crippen molar-refractivity contribution < 1.29 is 106 Å². The van der Waals surface area contributed by atoms with Gasteiger partial charge in [0.05, 0.1) is 51.1 Å². The van der Waals surface area contributed by atoms with E-state index in [4.69, 9.17) is 37.7 Å². The zero-order valence-corrected chi connectivity index (χ0v) is 49.5. The lowest BCUT2D eigenvalue weighted by Crippen LogP contribution is -2.68. The molecule has 2 rings (SSSR count). The van der Waals surface area contributed by atoms with Gasteiger partial charge in [-0.15, -0.1) is 0 Å². The summed E-state index contributed by atoms with van der Waals surface area (Å²) in [4.78, 5) is 101. The summed E-state index contributed by atoms with van der Waals surface area (Å²) >= 11 is 0. The molecule has 2 aliphatic rings. The molecule has 9 N–H and O–H groups in total. The highest BCUT2D eigenvalue weighted by Crippen LogP contribution is 2.43.